The van der Waals surface area contributed by atoms with Crippen LogP contribution in [0.15, 0.2) is 53.4 Å². The van der Waals surface area contributed by atoms with Crippen molar-refractivity contribution in [2.45, 2.75) is 43.5 Å². The minimum atomic E-state index is -0.269. The van der Waals surface area contributed by atoms with Crippen molar-refractivity contribution < 1.29 is 18.7 Å². The van der Waals surface area contributed by atoms with Gasteiger partial charge in [0.15, 0.2) is 0 Å². The second-order valence-electron chi connectivity index (χ2n) is 9.91. The highest BCUT2D eigenvalue weighted by molar-refractivity contribution is 8.04. The summed E-state index contributed by atoms with van der Waals surface area (Å²) < 4.78 is 18.8. The number of thioether (sulfide) groups is 1. The van der Waals surface area contributed by atoms with Crippen LogP contribution >= 0.6 is 11.8 Å². The monoisotopic (exact) mass is 523 g/mol. The highest BCUT2D eigenvalue weighted by atomic mass is 32.2. The summed E-state index contributed by atoms with van der Waals surface area (Å²) >= 11 is 1.69. The first kappa shape index (κ1) is 25.9. The van der Waals surface area contributed by atoms with E-state index in [1.165, 1.54) is 18.6 Å². The Kier molecular flexibility index (Phi) is 8.59. The molecular formula is C29H34FN3O3S. The smallest absolute Gasteiger partial charge is 0.260 e. The average Bonchev–Trinajstić information content (AvgIpc) is 2.93. The Morgan fingerprint density at radius 1 is 1.05 bits per heavy atom. The zero-order valence-electron chi connectivity index (χ0n) is 21.0. The van der Waals surface area contributed by atoms with Crippen molar-refractivity contribution in [3.05, 3.63) is 75.9 Å². The van der Waals surface area contributed by atoms with Gasteiger partial charge in [0.1, 0.15) is 5.82 Å². The van der Waals surface area contributed by atoms with Gasteiger partial charge in [0.25, 0.3) is 11.8 Å². The summed E-state index contributed by atoms with van der Waals surface area (Å²) in [4.78, 5) is 31.1. The van der Waals surface area contributed by atoms with Crippen molar-refractivity contribution in [1.82, 2.24) is 15.1 Å². The zero-order chi connectivity index (χ0) is 25.6. The number of fused-ring (bicyclic) bond motifs is 1. The number of carbonyl (C=O) groups is 2. The standard InChI is InChI=1S/C29H34FN3O3S/c30-24-11-7-22(8-12-24)20-33-25-3-1-2-4-26(25)37-27(29(33)35)19-21-5-9-23(10-6-21)28(34)31-13-14-32-15-17-36-18-16-32/h5-12,19,25-26H,1-4,13-18,20H2,(H,31,34)/b27-19-. The van der Waals surface area contributed by atoms with Crippen LogP contribution in [0, 0.1) is 5.82 Å². The van der Waals surface area contributed by atoms with Crippen molar-refractivity contribution in [3.8, 4) is 0 Å². The van der Waals surface area contributed by atoms with E-state index in [4.69, 9.17) is 4.74 Å². The first-order valence-electron chi connectivity index (χ1n) is 13.2. The van der Waals surface area contributed by atoms with Crippen molar-refractivity contribution in [1.29, 1.82) is 0 Å². The third-order valence-corrected chi connectivity index (χ3v) is 8.77. The molecule has 0 spiro atoms. The molecule has 8 heteroatoms. The maximum Gasteiger partial charge on any atom is 0.260 e. The highest BCUT2D eigenvalue weighted by Gasteiger charge is 2.40. The zero-order valence-corrected chi connectivity index (χ0v) is 21.9. The van der Waals surface area contributed by atoms with Gasteiger partial charge in [0.05, 0.1) is 18.1 Å². The molecule has 6 nitrogen and oxygen atoms in total. The number of carbonyl (C=O) groups excluding carboxylic acids is 2. The van der Waals surface area contributed by atoms with Gasteiger partial charge in [-0.1, -0.05) is 37.1 Å². The predicted octanol–water partition coefficient (Wildman–Crippen LogP) is 4.32. The average molecular weight is 524 g/mol. The molecule has 2 aromatic carbocycles. The molecule has 1 N–H and O–H groups in total. The largest absolute Gasteiger partial charge is 0.379 e. The molecule has 2 atom stereocenters. The first-order valence-corrected chi connectivity index (χ1v) is 14.1. The lowest BCUT2D eigenvalue weighted by Gasteiger charge is -2.44. The van der Waals surface area contributed by atoms with Crippen LogP contribution in [0.2, 0.25) is 0 Å². The predicted molar refractivity (Wildman–Crippen MR) is 145 cm³/mol. The third kappa shape index (κ3) is 6.61. The Labute approximate surface area is 222 Å². The summed E-state index contributed by atoms with van der Waals surface area (Å²) in [7, 11) is 0. The lowest BCUT2D eigenvalue weighted by molar-refractivity contribution is -0.130. The molecule has 1 saturated carbocycles. The van der Waals surface area contributed by atoms with Crippen molar-refractivity contribution >= 4 is 29.7 Å². The Morgan fingerprint density at radius 3 is 2.54 bits per heavy atom. The maximum absolute atomic E-state index is 13.6. The molecule has 0 aromatic heterocycles. The molecule has 196 valence electrons. The summed E-state index contributed by atoms with van der Waals surface area (Å²) in [6.07, 6.45) is 6.34. The minimum Gasteiger partial charge on any atom is -0.379 e. The van der Waals surface area contributed by atoms with E-state index in [1.54, 1.807) is 23.9 Å². The third-order valence-electron chi connectivity index (χ3n) is 7.37. The van der Waals surface area contributed by atoms with E-state index in [-0.39, 0.29) is 23.7 Å². The van der Waals surface area contributed by atoms with Gasteiger partial charge in [-0.2, -0.15) is 0 Å². The number of nitrogens with zero attached hydrogens (tertiary/aromatic N) is 2. The molecule has 2 amide bonds. The lowest BCUT2D eigenvalue weighted by atomic mass is 9.92. The minimum absolute atomic E-state index is 0.0300. The fraction of sp³-hybridized carbons (Fsp3) is 0.448. The van der Waals surface area contributed by atoms with E-state index >= 15 is 0 Å². The fourth-order valence-corrected chi connectivity index (χ4v) is 6.76. The Bertz CT molecular complexity index is 1120. The number of hydrogen-bond donors (Lipinski definition) is 1. The van der Waals surface area contributed by atoms with Crippen LogP contribution in [0.4, 0.5) is 4.39 Å². The van der Waals surface area contributed by atoms with Gasteiger partial charge in [-0.15, -0.1) is 11.8 Å². The molecule has 0 bridgehead atoms. The lowest BCUT2D eigenvalue weighted by Crippen LogP contribution is -2.50. The van der Waals surface area contributed by atoms with Gasteiger partial charge in [0.2, 0.25) is 0 Å². The highest BCUT2D eigenvalue weighted by Crippen LogP contribution is 2.42. The molecule has 3 fully saturated rings. The molecule has 2 heterocycles. The second-order valence-corrected chi connectivity index (χ2v) is 11.2. The van der Waals surface area contributed by atoms with E-state index in [0.29, 0.717) is 23.9 Å². The summed E-state index contributed by atoms with van der Waals surface area (Å²) in [6.45, 7) is 5.20. The molecule has 37 heavy (non-hydrogen) atoms. The number of amides is 2. The summed E-state index contributed by atoms with van der Waals surface area (Å²) in [5, 5.41) is 3.36. The molecule has 5 rings (SSSR count). The number of hydrogen-bond acceptors (Lipinski definition) is 5. The van der Waals surface area contributed by atoms with Gasteiger partial charge in [-0.3, -0.25) is 14.5 Å². The van der Waals surface area contributed by atoms with E-state index in [9.17, 15) is 14.0 Å². The number of ether oxygens (including phenoxy) is 1. The van der Waals surface area contributed by atoms with Gasteiger partial charge < -0.3 is 15.0 Å². The van der Waals surface area contributed by atoms with Crippen molar-refractivity contribution in [2.24, 2.45) is 0 Å². The number of nitrogens with one attached hydrogen (secondary N) is 1. The Morgan fingerprint density at radius 2 is 1.78 bits per heavy atom. The van der Waals surface area contributed by atoms with Crippen LogP contribution in [0.3, 0.4) is 0 Å². The summed E-state index contributed by atoms with van der Waals surface area (Å²) in [5.74, 6) is -0.330. The molecule has 2 unspecified atom stereocenters. The van der Waals surface area contributed by atoms with Gasteiger partial charge >= 0.3 is 0 Å². The Balaban J connectivity index is 1.24. The van der Waals surface area contributed by atoms with E-state index in [0.717, 1.165) is 68.1 Å². The van der Waals surface area contributed by atoms with Crippen molar-refractivity contribution in [2.75, 3.05) is 39.4 Å². The molecule has 2 saturated heterocycles. The van der Waals surface area contributed by atoms with Crippen LogP contribution in [0.25, 0.3) is 6.08 Å². The Hall–Kier alpha value is -2.68. The van der Waals surface area contributed by atoms with Gasteiger partial charge in [0, 0.05) is 49.6 Å². The normalized spacial score (nSPS) is 23.6. The molecule has 3 aliphatic rings. The number of halogens is 1. The SMILES string of the molecule is O=C(NCCN1CCOCC1)c1ccc(/C=C2\SC3CCCCC3N(Cc3ccc(F)cc3)C2=O)cc1. The van der Waals surface area contributed by atoms with Crippen LogP contribution in [0.5, 0.6) is 0 Å². The molecule has 2 aliphatic heterocycles. The number of rotatable bonds is 7. The number of morpholine rings is 1. The molecule has 0 radical (unpaired) electrons. The molecule has 2 aromatic rings. The topological polar surface area (TPSA) is 61.9 Å². The van der Waals surface area contributed by atoms with E-state index < -0.39 is 0 Å². The van der Waals surface area contributed by atoms with Gasteiger partial charge in [-0.25, -0.2) is 4.39 Å². The van der Waals surface area contributed by atoms with E-state index in [1.807, 2.05) is 35.2 Å². The quantitative estimate of drug-likeness (QED) is 0.548. The van der Waals surface area contributed by atoms with Crippen molar-refractivity contribution in [3.63, 3.8) is 0 Å². The number of benzene rings is 2. The summed E-state index contributed by atoms with van der Waals surface area (Å²) in [6, 6.07) is 14.1. The maximum atomic E-state index is 13.6. The first-order chi connectivity index (χ1) is 18.1. The van der Waals surface area contributed by atoms with Crippen LogP contribution in [0.1, 0.15) is 47.2 Å². The van der Waals surface area contributed by atoms with Gasteiger partial charge in [-0.05, 0) is 54.3 Å². The van der Waals surface area contributed by atoms with Crippen LogP contribution < -0.4 is 5.32 Å². The second kappa shape index (κ2) is 12.2. The van der Waals surface area contributed by atoms with E-state index in [2.05, 4.69) is 10.2 Å². The fourth-order valence-electron chi connectivity index (χ4n) is 5.28. The summed E-state index contributed by atoms with van der Waals surface area (Å²) in [5.41, 5.74) is 2.45. The van der Waals surface area contributed by atoms with Crippen LogP contribution in [-0.4, -0.2) is 72.3 Å². The molecule has 1 aliphatic carbocycles. The van der Waals surface area contributed by atoms with Crippen LogP contribution in [-0.2, 0) is 16.1 Å². The molecular weight excluding hydrogens is 489 g/mol.